The van der Waals surface area contributed by atoms with Crippen LogP contribution in [0.3, 0.4) is 0 Å². The van der Waals surface area contributed by atoms with Gasteiger partial charge in [0.25, 0.3) is 0 Å². The van der Waals surface area contributed by atoms with E-state index in [-0.39, 0.29) is 0 Å². The van der Waals surface area contributed by atoms with Crippen molar-refractivity contribution < 1.29 is 0 Å². The predicted molar refractivity (Wildman–Crippen MR) is 80.9 cm³/mol. The molecule has 2 rings (SSSR count). The Balaban J connectivity index is 2.61. The van der Waals surface area contributed by atoms with Crippen LogP contribution >= 0.6 is 11.6 Å². The van der Waals surface area contributed by atoms with Gasteiger partial charge in [0.05, 0.1) is 5.69 Å². The second-order valence-electron chi connectivity index (χ2n) is 5.21. The fourth-order valence-corrected chi connectivity index (χ4v) is 2.26. The molecular formula is C15H17ClN2O2. The number of hydrogen-bond acceptors (Lipinski definition) is 2. The second-order valence-corrected chi connectivity index (χ2v) is 5.62. The maximum Gasteiger partial charge on any atom is 0.320 e. The first kappa shape index (κ1) is 14.6. The molecule has 0 saturated heterocycles. The van der Waals surface area contributed by atoms with Crippen molar-refractivity contribution in [1.82, 2.24) is 9.13 Å². The molecule has 0 atom stereocenters. The van der Waals surface area contributed by atoms with Crippen molar-refractivity contribution >= 4 is 11.6 Å². The molecule has 2 aromatic rings. The molecule has 0 aliphatic rings. The molecule has 0 unspecified atom stereocenters. The van der Waals surface area contributed by atoms with E-state index < -0.39 is 11.1 Å². The lowest BCUT2D eigenvalue weighted by Gasteiger charge is -2.12. The van der Waals surface area contributed by atoms with Crippen molar-refractivity contribution in [3.63, 3.8) is 0 Å². The van der Waals surface area contributed by atoms with E-state index in [4.69, 9.17) is 11.6 Å². The largest absolute Gasteiger partial charge is 0.320 e. The average molecular weight is 293 g/mol. The van der Waals surface area contributed by atoms with Gasteiger partial charge >= 0.3 is 11.1 Å². The Bertz CT molecular complexity index is 744. The fourth-order valence-electron chi connectivity index (χ4n) is 2.09. The molecule has 0 amide bonds. The van der Waals surface area contributed by atoms with Crippen molar-refractivity contribution in [2.45, 2.75) is 27.3 Å². The van der Waals surface area contributed by atoms with Gasteiger partial charge in [-0.15, -0.1) is 0 Å². The minimum atomic E-state index is -0.557. The molecule has 0 spiro atoms. The third-order valence-corrected chi connectivity index (χ3v) is 3.53. The summed E-state index contributed by atoms with van der Waals surface area (Å²) >= 11 is 6.06. The van der Waals surface area contributed by atoms with Crippen LogP contribution in [-0.4, -0.2) is 9.13 Å². The topological polar surface area (TPSA) is 44.0 Å². The van der Waals surface area contributed by atoms with E-state index in [0.717, 1.165) is 5.56 Å². The Morgan fingerprint density at radius 2 is 1.85 bits per heavy atom. The number of hydrogen-bond donors (Lipinski definition) is 0. The standard InChI is InChI=1S/C15H17ClN2O2/c1-10(2)9-17-7-8-18(15(20)14(17)19)13-6-4-5-12(16)11(13)3/h4-8,10H,9H2,1-3H3. The van der Waals surface area contributed by atoms with E-state index in [1.54, 1.807) is 30.6 Å². The highest BCUT2D eigenvalue weighted by Gasteiger charge is 2.10. The molecule has 0 aliphatic carbocycles. The monoisotopic (exact) mass is 292 g/mol. The number of benzene rings is 1. The summed E-state index contributed by atoms with van der Waals surface area (Å²) in [5.74, 6) is 0.302. The van der Waals surface area contributed by atoms with Gasteiger partial charge in [-0.05, 0) is 30.5 Å². The molecule has 1 aromatic heterocycles. The van der Waals surface area contributed by atoms with Crippen LogP contribution in [0.4, 0.5) is 0 Å². The predicted octanol–water partition coefficient (Wildman–Crippen LogP) is 2.62. The molecule has 0 radical (unpaired) electrons. The summed E-state index contributed by atoms with van der Waals surface area (Å²) < 4.78 is 2.80. The van der Waals surface area contributed by atoms with Crippen LogP contribution in [0.5, 0.6) is 0 Å². The molecule has 0 fully saturated rings. The van der Waals surface area contributed by atoms with Crippen molar-refractivity contribution in [1.29, 1.82) is 0 Å². The zero-order valence-corrected chi connectivity index (χ0v) is 12.5. The van der Waals surface area contributed by atoms with Crippen LogP contribution in [0.25, 0.3) is 5.69 Å². The minimum absolute atomic E-state index is 0.302. The summed E-state index contributed by atoms with van der Waals surface area (Å²) in [5.41, 5.74) is 0.340. The van der Waals surface area contributed by atoms with Crippen LogP contribution < -0.4 is 11.1 Å². The van der Waals surface area contributed by atoms with Gasteiger partial charge in [0.2, 0.25) is 0 Å². The summed E-state index contributed by atoms with van der Waals surface area (Å²) in [5, 5.41) is 0.570. The lowest BCUT2D eigenvalue weighted by Crippen LogP contribution is -2.40. The van der Waals surface area contributed by atoms with E-state index in [1.807, 2.05) is 20.8 Å². The van der Waals surface area contributed by atoms with Crippen molar-refractivity contribution in [2.24, 2.45) is 5.92 Å². The molecule has 0 saturated carbocycles. The molecule has 5 heteroatoms. The van der Waals surface area contributed by atoms with Gasteiger partial charge in [-0.2, -0.15) is 0 Å². The summed E-state index contributed by atoms with van der Waals surface area (Å²) in [7, 11) is 0. The molecule has 0 N–H and O–H groups in total. The minimum Gasteiger partial charge on any atom is -0.309 e. The Kier molecular flexibility index (Phi) is 4.14. The van der Waals surface area contributed by atoms with Crippen LogP contribution in [0.2, 0.25) is 5.02 Å². The number of halogens is 1. The lowest BCUT2D eigenvalue weighted by atomic mass is 10.2. The smallest absolute Gasteiger partial charge is 0.309 e. The highest BCUT2D eigenvalue weighted by Crippen LogP contribution is 2.20. The highest BCUT2D eigenvalue weighted by molar-refractivity contribution is 6.31. The Labute approximate surface area is 122 Å². The maximum absolute atomic E-state index is 12.2. The van der Waals surface area contributed by atoms with Crippen molar-refractivity contribution in [3.05, 3.63) is 61.9 Å². The van der Waals surface area contributed by atoms with E-state index in [2.05, 4.69) is 0 Å². The zero-order chi connectivity index (χ0) is 14.9. The molecule has 1 heterocycles. The first-order valence-electron chi connectivity index (χ1n) is 6.49. The first-order chi connectivity index (χ1) is 9.41. The van der Waals surface area contributed by atoms with Gasteiger partial charge in [0, 0.05) is 24.0 Å². The van der Waals surface area contributed by atoms with Crippen LogP contribution in [0.15, 0.2) is 40.2 Å². The van der Waals surface area contributed by atoms with E-state index in [0.29, 0.717) is 23.2 Å². The summed E-state index contributed by atoms with van der Waals surface area (Å²) in [6, 6.07) is 5.29. The Hall–Kier alpha value is -1.81. The van der Waals surface area contributed by atoms with E-state index in [1.165, 1.54) is 9.13 Å². The SMILES string of the molecule is Cc1c(Cl)cccc1-n1ccn(CC(C)C)c(=O)c1=O. The molecule has 106 valence electrons. The van der Waals surface area contributed by atoms with Crippen LogP contribution in [0, 0.1) is 12.8 Å². The van der Waals surface area contributed by atoms with E-state index in [9.17, 15) is 9.59 Å². The summed E-state index contributed by atoms with van der Waals surface area (Å²) in [6.07, 6.45) is 3.26. The first-order valence-corrected chi connectivity index (χ1v) is 6.87. The molecular weight excluding hydrogens is 276 g/mol. The molecule has 1 aromatic carbocycles. The average Bonchev–Trinajstić information content (AvgIpc) is 2.39. The molecule has 4 nitrogen and oxygen atoms in total. The van der Waals surface area contributed by atoms with Gasteiger partial charge in [-0.3, -0.25) is 14.2 Å². The van der Waals surface area contributed by atoms with Gasteiger partial charge in [0.1, 0.15) is 0 Å². The molecule has 0 aliphatic heterocycles. The van der Waals surface area contributed by atoms with E-state index >= 15 is 0 Å². The zero-order valence-electron chi connectivity index (χ0n) is 11.8. The van der Waals surface area contributed by atoms with Crippen LogP contribution in [-0.2, 0) is 6.54 Å². The highest BCUT2D eigenvalue weighted by atomic mass is 35.5. The Morgan fingerprint density at radius 3 is 2.50 bits per heavy atom. The third kappa shape index (κ3) is 2.70. The summed E-state index contributed by atoms with van der Waals surface area (Å²) in [6.45, 7) is 6.35. The maximum atomic E-state index is 12.2. The second kappa shape index (κ2) is 5.67. The molecule has 20 heavy (non-hydrogen) atoms. The quantitative estimate of drug-likeness (QED) is 0.816. The van der Waals surface area contributed by atoms with Gasteiger partial charge < -0.3 is 4.57 Å². The number of rotatable bonds is 3. The third-order valence-electron chi connectivity index (χ3n) is 3.12. The van der Waals surface area contributed by atoms with Gasteiger partial charge in [-0.1, -0.05) is 31.5 Å². The normalized spacial score (nSPS) is 11.1. The Morgan fingerprint density at radius 1 is 1.15 bits per heavy atom. The van der Waals surface area contributed by atoms with Gasteiger partial charge in [0.15, 0.2) is 0 Å². The number of aromatic nitrogens is 2. The fraction of sp³-hybridized carbons (Fsp3) is 0.333. The van der Waals surface area contributed by atoms with Gasteiger partial charge in [-0.25, -0.2) is 0 Å². The molecule has 0 bridgehead atoms. The van der Waals surface area contributed by atoms with Crippen LogP contribution in [0.1, 0.15) is 19.4 Å². The number of nitrogens with zero attached hydrogens (tertiary/aromatic N) is 2. The van der Waals surface area contributed by atoms with Crippen molar-refractivity contribution in [3.8, 4) is 5.69 Å². The lowest BCUT2D eigenvalue weighted by molar-refractivity contribution is 0.504. The van der Waals surface area contributed by atoms with Crippen molar-refractivity contribution in [2.75, 3.05) is 0 Å². The summed E-state index contributed by atoms with van der Waals surface area (Å²) in [4.78, 5) is 24.3.